The molecule has 0 N–H and O–H groups in total. The van der Waals surface area contributed by atoms with Crippen LogP contribution in [-0.4, -0.2) is 9.55 Å². The van der Waals surface area contributed by atoms with Crippen LogP contribution in [0.2, 0.25) is 0 Å². The summed E-state index contributed by atoms with van der Waals surface area (Å²) in [6, 6.07) is 44.0. The molecule has 51 heavy (non-hydrogen) atoms. The Labute approximate surface area is 291 Å². The Bertz CT molecular complexity index is 2430. The molecular formula is C42H26F5N2OP. The van der Waals surface area contributed by atoms with Crippen molar-refractivity contribution in [2.75, 3.05) is 0 Å². The molecule has 0 spiro atoms. The number of aromatic nitrogens is 2. The van der Waals surface area contributed by atoms with Crippen molar-refractivity contribution in [1.29, 1.82) is 0 Å². The van der Waals surface area contributed by atoms with Crippen molar-refractivity contribution in [2.45, 2.75) is 6.54 Å². The summed E-state index contributed by atoms with van der Waals surface area (Å²) in [7, 11) is -1.27. The topological polar surface area (TPSA) is 31.0 Å². The fourth-order valence-corrected chi connectivity index (χ4v) is 8.93. The zero-order chi connectivity index (χ0) is 35.1. The maximum Gasteiger partial charge on any atom is 0.200 e. The zero-order valence-electron chi connectivity index (χ0n) is 26.7. The highest BCUT2D eigenvalue weighted by atomic mass is 31.1. The molecule has 0 radical (unpaired) electrons. The molecule has 6 aromatic carbocycles. The molecule has 0 aliphatic heterocycles. The van der Waals surface area contributed by atoms with Gasteiger partial charge >= 0.3 is 0 Å². The SMILES string of the molecule is Fc1c(F)c(F)c(Cn2c(-c3c(P(c4ccccc4)c4ccccc4)ccc4occc34)nc(-c3ccccc3)c2-c2ccccc2)c(F)c1F. The van der Waals surface area contributed by atoms with Crippen molar-refractivity contribution >= 4 is 34.8 Å². The maximum absolute atomic E-state index is 15.6. The first-order valence-corrected chi connectivity index (χ1v) is 17.4. The standard InChI is InChI=1S/C42H26F5N2OP/c43-35-31(36(44)38(46)39(47)37(35)45)25-49-41(27-15-7-2-8-16-27)40(26-13-5-1-6-14-26)48-42(49)34-30-23-24-50-32(30)21-22-33(34)51(28-17-9-3-10-18-28)29-19-11-4-12-20-29/h1-24H,25H2. The molecule has 8 aromatic rings. The minimum Gasteiger partial charge on any atom is -0.464 e. The number of fused-ring (bicyclic) bond motifs is 1. The molecule has 9 heteroatoms. The van der Waals surface area contributed by atoms with E-state index in [1.165, 1.54) is 0 Å². The second kappa shape index (κ2) is 13.5. The van der Waals surface area contributed by atoms with Crippen LogP contribution in [0.1, 0.15) is 5.56 Å². The number of halogens is 5. The highest BCUT2D eigenvalue weighted by Gasteiger charge is 2.31. The monoisotopic (exact) mass is 700 g/mol. The average Bonchev–Trinajstić information content (AvgIpc) is 3.82. The van der Waals surface area contributed by atoms with Crippen LogP contribution in [0.5, 0.6) is 0 Å². The fourth-order valence-electron chi connectivity index (χ4n) is 6.47. The molecule has 0 aliphatic carbocycles. The van der Waals surface area contributed by atoms with E-state index in [1.54, 1.807) is 16.9 Å². The lowest BCUT2D eigenvalue weighted by Gasteiger charge is -2.23. The van der Waals surface area contributed by atoms with Gasteiger partial charge in [-0.15, -0.1) is 0 Å². The Morgan fingerprint density at radius 1 is 0.549 bits per heavy atom. The van der Waals surface area contributed by atoms with Crippen LogP contribution in [0.4, 0.5) is 22.0 Å². The van der Waals surface area contributed by atoms with Crippen LogP contribution < -0.4 is 15.9 Å². The van der Waals surface area contributed by atoms with Crippen LogP contribution >= 0.6 is 7.92 Å². The molecule has 0 fully saturated rings. The van der Waals surface area contributed by atoms with Crippen LogP contribution in [0.25, 0.3) is 44.9 Å². The van der Waals surface area contributed by atoms with Gasteiger partial charge in [-0.3, -0.25) is 0 Å². The Hall–Kier alpha value is -5.85. The normalized spacial score (nSPS) is 11.5. The van der Waals surface area contributed by atoms with Gasteiger partial charge in [-0.2, -0.15) is 0 Å². The van der Waals surface area contributed by atoms with E-state index in [2.05, 4.69) is 0 Å². The number of hydrogen-bond donors (Lipinski definition) is 0. The van der Waals surface area contributed by atoms with Gasteiger partial charge < -0.3 is 8.98 Å². The molecular weight excluding hydrogens is 674 g/mol. The van der Waals surface area contributed by atoms with Crippen molar-refractivity contribution in [1.82, 2.24) is 9.55 Å². The van der Waals surface area contributed by atoms with E-state index < -0.39 is 49.1 Å². The van der Waals surface area contributed by atoms with Crippen LogP contribution in [0.15, 0.2) is 150 Å². The lowest BCUT2D eigenvalue weighted by molar-refractivity contribution is 0.368. The second-order valence-corrected chi connectivity index (χ2v) is 14.0. The van der Waals surface area contributed by atoms with Crippen molar-refractivity contribution in [3.05, 3.63) is 180 Å². The smallest absolute Gasteiger partial charge is 0.200 e. The fraction of sp³-hybridized carbons (Fsp3) is 0.0238. The van der Waals surface area contributed by atoms with Gasteiger partial charge in [0.15, 0.2) is 23.3 Å². The Morgan fingerprint density at radius 3 is 1.63 bits per heavy atom. The highest BCUT2D eigenvalue weighted by Crippen LogP contribution is 2.44. The minimum absolute atomic E-state index is 0.276. The summed E-state index contributed by atoms with van der Waals surface area (Å²) in [5.74, 6) is -9.76. The molecule has 0 atom stereocenters. The van der Waals surface area contributed by atoms with Gasteiger partial charge in [0.1, 0.15) is 11.4 Å². The molecule has 0 amide bonds. The molecule has 0 unspecified atom stereocenters. The first-order valence-electron chi connectivity index (χ1n) is 16.0. The van der Waals surface area contributed by atoms with Gasteiger partial charge in [-0.05, 0) is 42.0 Å². The summed E-state index contributed by atoms with van der Waals surface area (Å²) >= 11 is 0. The number of furan rings is 1. The summed E-state index contributed by atoms with van der Waals surface area (Å²) in [4.78, 5) is 5.23. The van der Waals surface area contributed by atoms with E-state index in [1.807, 2.05) is 133 Å². The van der Waals surface area contributed by atoms with E-state index in [-0.39, 0.29) is 5.82 Å². The van der Waals surface area contributed by atoms with E-state index >= 15 is 8.78 Å². The molecule has 0 aliphatic rings. The molecule has 0 saturated heterocycles. The summed E-state index contributed by atoms with van der Waals surface area (Å²) in [5.41, 5.74) is 2.42. The molecule has 0 saturated carbocycles. The van der Waals surface area contributed by atoms with E-state index in [9.17, 15) is 13.2 Å². The van der Waals surface area contributed by atoms with Crippen LogP contribution in [0.3, 0.4) is 0 Å². The van der Waals surface area contributed by atoms with Gasteiger partial charge in [0.05, 0.1) is 24.2 Å². The van der Waals surface area contributed by atoms with E-state index in [0.717, 1.165) is 15.9 Å². The first kappa shape index (κ1) is 32.4. The predicted octanol–water partition coefficient (Wildman–Crippen LogP) is 10.1. The molecule has 0 bridgehead atoms. The zero-order valence-corrected chi connectivity index (χ0v) is 27.6. The quantitative estimate of drug-likeness (QED) is 0.0684. The number of hydrogen-bond acceptors (Lipinski definition) is 2. The summed E-state index contributed by atoms with van der Waals surface area (Å²) in [6.45, 7) is -0.715. The molecule has 250 valence electrons. The van der Waals surface area contributed by atoms with Gasteiger partial charge in [0.2, 0.25) is 5.82 Å². The maximum atomic E-state index is 15.6. The number of benzene rings is 6. The van der Waals surface area contributed by atoms with Crippen molar-refractivity contribution in [3.63, 3.8) is 0 Å². The third-order valence-corrected chi connectivity index (χ3v) is 11.3. The Kier molecular flexibility index (Phi) is 8.54. The van der Waals surface area contributed by atoms with Crippen molar-refractivity contribution in [3.8, 4) is 33.9 Å². The largest absolute Gasteiger partial charge is 0.464 e. The molecule has 3 nitrogen and oxygen atoms in total. The lowest BCUT2D eigenvalue weighted by Crippen LogP contribution is -2.23. The molecule has 8 rings (SSSR count). The van der Waals surface area contributed by atoms with Crippen LogP contribution in [0, 0.1) is 29.1 Å². The van der Waals surface area contributed by atoms with E-state index in [4.69, 9.17) is 9.40 Å². The Balaban J connectivity index is 1.51. The summed E-state index contributed by atoms with van der Waals surface area (Å²) in [5, 5.41) is 3.60. The minimum atomic E-state index is -2.21. The molecule has 2 heterocycles. The van der Waals surface area contributed by atoms with Crippen LogP contribution in [-0.2, 0) is 6.54 Å². The number of nitrogens with zero attached hydrogens (tertiary/aromatic N) is 2. The van der Waals surface area contributed by atoms with E-state index in [0.29, 0.717) is 39.0 Å². The number of rotatable bonds is 8. The molecule has 2 aromatic heterocycles. The lowest BCUT2D eigenvalue weighted by atomic mass is 10.0. The van der Waals surface area contributed by atoms with Gasteiger partial charge in [0, 0.05) is 27.6 Å². The Morgan fingerprint density at radius 2 is 1.06 bits per heavy atom. The van der Waals surface area contributed by atoms with Gasteiger partial charge in [0.25, 0.3) is 0 Å². The third kappa shape index (κ3) is 5.72. The third-order valence-electron chi connectivity index (χ3n) is 8.79. The first-order chi connectivity index (χ1) is 24.9. The highest BCUT2D eigenvalue weighted by molar-refractivity contribution is 7.80. The number of imidazole rings is 1. The summed E-state index contributed by atoms with van der Waals surface area (Å²) < 4.78 is 82.4. The summed E-state index contributed by atoms with van der Waals surface area (Å²) in [6.07, 6.45) is 1.55. The average molecular weight is 701 g/mol. The van der Waals surface area contributed by atoms with Crippen molar-refractivity contribution in [2.24, 2.45) is 0 Å². The predicted molar refractivity (Wildman–Crippen MR) is 192 cm³/mol. The van der Waals surface area contributed by atoms with Gasteiger partial charge in [-0.25, -0.2) is 26.9 Å². The second-order valence-electron chi connectivity index (χ2n) is 11.8. The van der Waals surface area contributed by atoms with Crippen molar-refractivity contribution < 1.29 is 26.4 Å². The van der Waals surface area contributed by atoms with Gasteiger partial charge in [-0.1, -0.05) is 121 Å².